The second kappa shape index (κ2) is 3.80. The predicted molar refractivity (Wildman–Crippen MR) is 65.5 cm³/mol. The summed E-state index contributed by atoms with van der Waals surface area (Å²) in [7, 11) is 0. The summed E-state index contributed by atoms with van der Waals surface area (Å²) in [5, 5.41) is 0.599. The van der Waals surface area contributed by atoms with Crippen LogP contribution in [-0.4, -0.2) is 4.98 Å². The zero-order valence-electron chi connectivity index (χ0n) is 8.77. The molecule has 0 aliphatic carbocycles. The molecule has 0 saturated heterocycles. The maximum atomic E-state index is 6.09. The SMILES string of the molecule is Cc1c(Br)cc(Cl)c2oc(C(C)C)nc12. The van der Waals surface area contributed by atoms with Crippen LogP contribution in [0.2, 0.25) is 5.02 Å². The number of benzene rings is 1. The molecule has 0 aliphatic rings. The number of fused-ring (bicyclic) bond motifs is 1. The first-order valence-electron chi connectivity index (χ1n) is 4.75. The molecule has 0 saturated carbocycles. The van der Waals surface area contributed by atoms with Crippen molar-refractivity contribution in [2.24, 2.45) is 0 Å². The van der Waals surface area contributed by atoms with Crippen molar-refractivity contribution in [1.82, 2.24) is 4.98 Å². The molecule has 2 rings (SSSR count). The fourth-order valence-corrected chi connectivity index (χ4v) is 2.18. The maximum absolute atomic E-state index is 6.09. The van der Waals surface area contributed by atoms with Gasteiger partial charge in [-0.2, -0.15) is 0 Å². The highest BCUT2D eigenvalue weighted by molar-refractivity contribution is 9.10. The number of hydrogen-bond acceptors (Lipinski definition) is 2. The Kier molecular flexibility index (Phi) is 2.77. The van der Waals surface area contributed by atoms with E-state index in [-0.39, 0.29) is 5.92 Å². The van der Waals surface area contributed by atoms with Crippen LogP contribution in [0.5, 0.6) is 0 Å². The highest BCUT2D eigenvalue weighted by Gasteiger charge is 2.15. The van der Waals surface area contributed by atoms with E-state index in [0.717, 1.165) is 21.4 Å². The normalized spacial score (nSPS) is 11.6. The Bertz CT molecular complexity index is 519. The molecule has 0 atom stereocenters. The lowest BCUT2D eigenvalue weighted by atomic mass is 10.2. The molecule has 0 unspecified atom stereocenters. The van der Waals surface area contributed by atoms with Gasteiger partial charge in [-0.3, -0.25) is 0 Å². The van der Waals surface area contributed by atoms with Crippen molar-refractivity contribution in [3.63, 3.8) is 0 Å². The van der Waals surface area contributed by atoms with Crippen LogP contribution < -0.4 is 0 Å². The molecular formula is C11H11BrClNO. The van der Waals surface area contributed by atoms with Crippen LogP contribution in [-0.2, 0) is 0 Å². The predicted octanol–water partition coefficient (Wildman–Crippen LogP) is 4.68. The topological polar surface area (TPSA) is 26.0 Å². The van der Waals surface area contributed by atoms with Crippen LogP contribution in [0.15, 0.2) is 15.0 Å². The summed E-state index contributed by atoms with van der Waals surface area (Å²) in [6.45, 7) is 6.08. The minimum absolute atomic E-state index is 0.270. The molecule has 0 bridgehead atoms. The molecule has 0 amide bonds. The molecule has 0 spiro atoms. The van der Waals surface area contributed by atoms with Gasteiger partial charge in [0.1, 0.15) is 5.52 Å². The smallest absolute Gasteiger partial charge is 0.198 e. The molecule has 0 radical (unpaired) electrons. The summed E-state index contributed by atoms with van der Waals surface area (Å²) in [6.07, 6.45) is 0. The monoisotopic (exact) mass is 287 g/mol. The number of aromatic nitrogens is 1. The summed E-state index contributed by atoms with van der Waals surface area (Å²) < 4.78 is 6.59. The van der Waals surface area contributed by atoms with E-state index >= 15 is 0 Å². The van der Waals surface area contributed by atoms with Gasteiger partial charge in [0, 0.05) is 10.4 Å². The molecular weight excluding hydrogens is 277 g/mol. The van der Waals surface area contributed by atoms with Gasteiger partial charge >= 0.3 is 0 Å². The average molecular weight is 289 g/mol. The summed E-state index contributed by atoms with van der Waals surface area (Å²) >= 11 is 9.54. The zero-order valence-corrected chi connectivity index (χ0v) is 11.1. The third-order valence-electron chi connectivity index (χ3n) is 2.32. The van der Waals surface area contributed by atoms with E-state index in [9.17, 15) is 0 Å². The summed E-state index contributed by atoms with van der Waals surface area (Å²) in [6, 6.07) is 1.84. The van der Waals surface area contributed by atoms with Crippen LogP contribution in [0.25, 0.3) is 11.1 Å². The van der Waals surface area contributed by atoms with Crippen molar-refractivity contribution in [3.05, 3.63) is 27.0 Å². The number of rotatable bonds is 1. The molecule has 1 heterocycles. The lowest BCUT2D eigenvalue weighted by Crippen LogP contribution is -1.85. The molecule has 2 nitrogen and oxygen atoms in total. The Hall–Kier alpha value is -0.540. The Morgan fingerprint density at radius 2 is 2.13 bits per heavy atom. The number of hydrogen-bond donors (Lipinski definition) is 0. The molecule has 0 aliphatic heterocycles. The quantitative estimate of drug-likeness (QED) is 0.762. The lowest BCUT2D eigenvalue weighted by Gasteiger charge is -1.98. The minimum atomic E-state index is 0.270. The molecule has 0 N–H and O–H groups in total. The van der Waals surface area contributed by atoms with Crippen molar-refractivity contribution in [1.29, 1.82) is 0 Å². The van der Waals surface area contributed by atoms with Crippen LogP contribution in [0.3, 0.4) is 0 Å². The van der Waals surface area contributed by atoms with Gasteiger partial charge < -0.3 is 4.42 Å². The van der Waals surface area contributed by atoms with Crippen molar-refractivity contribution in [3.8, 4) is 0 Å². The number of halogens is 2. The van der Waals surface area contributed by atoms with E-state index in [1.165, 1.54) is 0 Å². The maximum Gasteiger partial charge on any atom is 0.198 e. The molecule has 4 heteroatoms. The van der Waals surface area contributed by atoms with Crippen molar-refractivity contribution in [2.75, 3.05) is 0 Å². The van der Waals surface area contributed by atoms with Gasteiger partial charge in [-0.1, -0.05) is 41.4 Å². The molecule has 15 heavy (non-hydrogen) atoms. The number of nitrogens with zero attached hydrogens (tertiary/aromatic N) is 1. The first-order valence-corrected chi connectivity index (χ1v) is 5.93. The van der Waals surface area contributed by atoms with Crippen molar-refractivity contribution >= 4 is 38.6 Å². The Morgan fingerprint density at radius 1 is 1.47 bits per heavy atom. The van der Waals surface area contributed by atoms with Crippen LogP contribution in [0.1, 0.15) is 31.2 Å². The highest BCUT2D eigenvalue weighted by atomic mass is 79.9. The fraction of sp³-hybridized carbons (Fsp3) is 0.364. The van der Waals surface area contributed by atoms with E-state index in [1.54, 1.807) is 0 Å². The van der Waals surface area contributed by atoms with E-state index in [1.807, 2.05) is 26.8 Å². The molecule has 2 aromatic rings. The standard InChI is InChI=1S/C11H11BrClNO/c1-5(2)11-14-9-6(3)7(12)4-8(13)10(9)15-11/h4-5H,1-3H3. The van der Waals surface area contributed by atoms with Crippen LogP contribution in [0, 0.1) is 6.92 Å². The van der Waals surface area contributed by atoms with Gasteiger partial charge in [0.2, 0.25) is 0 Å². The van der Waals surface area contributed by atoms with E-state index in [0.29, 0.717) is 10.6 Å². The minimum Gasteiger partial charge on any atom is -0.439 e. The van der Waals surface area contributed by atoms with Gasteiger partial charge in [0.25, 0.3) is 0 Å². The van der Waals surface area contributed by atoms with Gasteiger partial charge in [0.15, 0.2) is 11.5 Å². The number of aryl methyl sites for hydroxylation is 1. The summed E-state index contributed by atoms with van der Waals surface area (Å²) in [5.74, 6) is 1.000. The second-order valence-corrected chi connectivity index (χ2v) is 5.11. The average Bonchev–Trinajstić information content (AvgIpc) is 2.59. The molecule has 1 aromatic carbocycles. The third-order valence-corrected chi connectivity index (χ3v) is 3.43. The number of oxazole rings is 1. The van der Waals surface area contributed by atoms with E-state index < -0.39 is 0 Å². The molecule has 80 valence electrons. The van der Waals surface area contributed by atoms with Gasteiger partial charge in [-0.15, -0.1) is 0 Å². The lowest BCUT2D eigenvalue weighted by molar-refractivity contribution is 0.501. The van der Waals surface area contributed by atoms with E-state index in [4.69, 9.17) is 16.0 Å². The highest BCUT2D eigenvalue weighted by Crippen LogP contribution is 2.33. The van der Waals surface area contributed by atoms with Crippen molar-refractivity contribution in [2.45, 2.75) is 26.7 Å². The zero-order chi connectivity index (χ0) is 11.2. The fourth-order valence-electron chi connectivity index (χ4n) is 1.40. The first-order chi connectivity index (χ1) is 7.00. The molecule has 0 fully saturated rings. The Morgan fingerprint density at radius 3 is 2.73 bits per heavy atom. The van der Waals surface area contributed by atoms with E-state index in [2.05, 4.69) is 20.9 Å². The summed E-state index contributed by atoms with van der Waals surface area (Å²) in [4.78, 5) is 4.45. The van der Waals surface area contributed by atoms with Crippen molar-refractivity contribution < 1.29 is 4.42 Å². The van der Waals surface area contributed by atoms with Gasteiger partial charge in [-0.25, -0.2) is 4.98 Å². The summed E-state index contributed by atoms with van der Waals surface area (Å²) in [5.41, 5.74) is 2.59. The van der Waals surface area contributed by atoms with Gasteiger partial charge in [-0.05, 0) is 18.6 Å². The van der Waals surface area contributed by atoms with Gasteiger partial charge in [0.05, 0.1) is 5.02 Å². The van der Waals surface area contributed by atoms with Crippen LogP contribution >= 0.6 is 27.5 Å². The molecule has 1 aromatic heterocycles. The second-order valence-electron chi connectivity index (χ2n) is 3.85. The first kappa shape index (κ1) is 11.0. The third kappa shape index (κ3) is 1.79. The Labute approximate surface area is 102 Å². The largest absolute Gasteiger partial charge is 0.439 e. The Balaban J connectivity index is 2.80. The van der Waals surface area contributed by atoms with Crippen LogP contribution in [0.4, 0.5) is 0 Å².